The molecule has 4 nitrogen and oxygen atoms in total. The van der Waals surface area contributed by atoms with Crippen molar-refractivity contribution in [2.75, 3.05) is 27.2 Å². The predicted molar refractivity (Wildman–Crippen MR) is 89.0 cm³/mol. The van der Waals surface area contributed by atoms with Crippen molar-refractivity contribution in [3.05, 3.63) is 66.2 Å². The van der Waals surface area contributed by atoms with Crippen LogP contribution in [0.15, 0.2) is 65.6 Å². The standard InChI is InChI=1S/C17H22N2O2S/c1-18(2)13-14-19(15-16-9-5-3-6-10-16)22(20,21)17-11-7-4-8-12-17/h3-12H,13-15H2,1-2H3. The Labute approximate surface area is 133 Å². The van der Waals surface area contributed by atoms with Gasteiger partial charge in [-0.2, -0.15) is 4.31 Å². The maximum Gasteiger partial charge on any atom is 0.243 e. The van der Waals surface area contributed by atoms with E-state index in [0.717, 1.165) is 5.56 Å². The molecule has 0 saturated carbocycles. The normalized spacial score (nSPS) is 12.0. The zero-order valence-corrected chi connectivity index (χ0v) is 13.8. The van der Waals surface area contributed by atoms with E-state index in [9.17, 15) is 8.42 Å². The summed E-state index contributed by atoms with van der Waals surface area (Å²) in [7, 11) is 0.392. The van der Waals surface area contributed by atoms with Gasteiger partial charge in [-0.05, 0) is 31.8 Å². The molecule has 0 saturated heterocycles. The van der Waals surface area contributed by atoms with Crippen LogP contribution in [0.2, 0.25) is 0 Å². The average Bonchev–Trinajstić information content (AvgIpc) is 2.53. The summed E-state index contributed by atoms with van der Waals surface area (Å²) in [6, 6.07) is 18.3. The molecule has 118 valence electrons. The molecule has 0 bridgehead atoms. The molecule has 0 atom stereocenters. The number of rotatable bonds is 7. The molecule has 0 heterocycles. The van der Waals surface area contributed by atoms with Gasteiger partial charge >= 0.3 is 0 Å². The first-order valence-electron chi connectivity index (χ1n) is 7.24. The lowest BCUT2D eigenvalue weighted by molar-refractivity contribution is 0.329. The Morgan fingerprint density at radius 2 is 1.36 bits per heavy atom. The molecule has 2 aromatic rings. The molecule has 0 aromatic heterocycles. The van der Waals surface area contributed by atoms with Gasteiger partial charge in [-0.1, -0.05) is 48.5 Å². The van der Waals surface area contributed by atoms with E-state index >= 15 is 0 Å². The highest BCUT2D eigenvalue weighted by Gasteiger charge is 2.24. The van der Waals surface area contributed by atoms with Crippen molar-refractivity contribution in [2.45, 2.75) is 11.4 Å². The molecule has 0 aliphatic heterocycles. The lowest BCUT2D eigenvalue weighted by Gasteiger charge is -2.24. The monoisotopic (exact) mass is 318 g/mol. The summed E-state index contributed by atoms with van der Waals surface area (Å²) in [5.74, 6) is 0. The fourth-order valence-corrected chi connectivity index (χ4v) is 3.56. The van der Waals surface area contributed by atoms with Gasteiger partial charge in [0.05, 0.1) is 4.90 Å². The maximum atomic E-state index is 12.9. The maximum absolute atomic E-state index is 12.9. The minimum Gasteiger partial charge on any atom is -0.308 e. The third kappa shape index (κ3) is 4.40. The van der Waals surface area contributed by atoms with Gasteiger partial charge in [0.2, 0.25) is 10.0 Å². The number of nitrogens with zero attached hydrogens (tertiary/aromatic N) is 2. The van der Waals surface area contributed by atoms with Crippen LogP contribution in [0.4, 0.5) is 0 Å². The molecule has 0 fully saturated rings. The Balaban J connectivity index is 2.27. The predicted octanol–water partition coefficient (Wildman–Crippen LogP) is 2.44. The molecule has 0 N–H and O–H groups in total. The quantitative estimate of drug-likeness (QED) is 0.787. The second-order valence-corrected chi connectivity index (χ2v) is 7.38. The van der Waals surface area contributed by atoms with Crippen molar-refractivity contribution in [1.29, 1.82) is 0 Å². The number of likely N-dealkylation sites (N-methyl/N-ethyl adjacent to an activating group) is 1. The van der Waals surface area contributed by atoms with Gasteiger partial charge in [0, 0.05) is 19.6 Å². The fraction of sp³-hybridized carbons (Fsp3) is 0.294. The van der Waals surface area contributed by atoms with Crippen LogP contribution in [0.3, 0.4) is 0 Å². The van der Waals surface area contributed by atoms with Gasteiger partial charge in [0.25, 0.3) is 0 Å². The smallest absolute Gasteiger partial charge is 0.243 e. The molecule has 0 aliphatic carbocycles. The van der Waals surface area contributed by atoms with Crippen LogP contribution in [0.1, 0.15) is 5.56 Å². The van der Waals surface area contributed by atoms with Gasteiger partial charge in [0.1, 0.15) is 0 Å². The number of benzene rings is 2. The molecular weight excluding hydrogens is 296 g/mol. The van der Waals surface area contributed by atoms with Gasteiger partial charge in [0.15, 0.2) is 0 Å². The Hall–Kier alpha value is -1.69. The molecule has 0 aliphatic rings. The second kappa shape index (κ2) is 7.54. The van der Waals surface area contributed by atoms with Gasteiger partial charge in [-0.3, -0.25) is 0 Å². The van der Waals surface area contributed by atoms with Crippen LogP contribution in [-0.4, -0.2) is 44.8 Å². The van der Waals surface area contributed by atoms with Crippen molar-refractivity contribution in [2.24, 2.45) is 0 Å². The van der Waals surface area contributed by atoms with E-state index in [1.165, 1.54) is 4.31 Å². The SMILES string of the molecule is CN(C)CCN(Cc1ccccc1)S(=O)(=O)c1ccccc1. The lowest BCUT2D eigenvalue weighted by Crippen LogP contribution is -2.36. The Kier molecular flexibility index (Phi) is 5.71. The molecule has 22 heavy (non-hydrogen) atoms. The van der Waals surface area contributed by atoms with Crippen LogP contribution in [-0.2, 0) is 16.6 Å². The van der Waals surface area contributed by atoms with Crippen molar-refractivity contribution in [3.8, 4) is 0 Å². The zero-order chi connectivity index (χ0) is 16.0. The first-order valence-corrected chi connectivity index (χ1v) is 8.68. The van der Waals surface area contributed by atoms with E-state index in [1.54, 1.807) is 24.3 Å². The van der Waals surface area contributed by atoms with Crippen LogP contribution in [0, 0.1) is 0 Å². The first kappa shape index (κ1) is 16.7. The minimum absolute atomic E-state index is 0.338. The molecular formula is C17H22N2O2S. The third-order valence-electron chi connectivity index (χ3n) is 3.38. The average molecular weight is 318 g/mol. The van der Waals surface area contributed by atoms with Crippen molar-refractivity contribution in [1.82, 2.24) is 9.21 Å². The topological polar surface area (TPSA) is 40.6 Å². The summed E-state index contributed by atoms with van der Waals surface area (Å²) in [5.41, 5.74) is 0.987. The number of hydrogen-bond donors (Lipinski definition) is 0. The largest absolute Gasteiger partial charge is 0.308 e. The summed E-state index contributed by atoms with van der Waals surface area (Å²) in [5, 5.41) is 0. The van der Waals surface area contributed by atoms with Crippen molar-refractivity contribution >= 4 is 10.0 Å². The van der Waals surface area contributed by atoms with Gasteiger partial charge in [-0.15, -0.1) is 0 Å². The van der Waals surface area contributed by atoms with Crippen molar-refractivity contribution < 1.29 is 8.42 Å². The van der Waals surface area contributed by atoms with Crippen LogP contribution in [0.25, 0.3) is 0 Å². The summed E-state index contributed by atoms with van der Waals surface area (Å²) < 4.78 is 27.3. The lowest BCUT2D eigenvalue weighted by atomic mass is 10.2. The Morgan fingerprint density at radius 1 is 0.818 bits per heavy atom. The second-order valence-electron chi connectivity index (χ2n) is 5.44. The molecule has 0 radical (unpaired) electrons. The highest BCUT2D eigenvalue weighted by molar-refractivity contribution is 7.89. The Morgan fingerprint density at radius 3 is 1.91 bits per heavy atom. The first-order chi connectivity index (χ1) is 10.5. The van der Waals surface area contributed by atoms with E-state index in [4.69, 9.17) is 0 Å². The molecule has 0 amide bonds. The molecule has 0 spiro atoms. The number of hydrogen-bond acceptors (Lipinski definition) is 3. The van der Waals surface area contributed by atoms with Crippen LogP contribution < -0.4 is 0 Å². The van der Waals surface area contributed by atoms with Crippen LogP contribution >= 0.6 is 0 Å². The molecule has 2 aromatic carbocycles. The highest BCUT2D eigenvalue weighted by atomic mass is 32.2. The summed E-state index contributed by atoms with van der Waals surface area (Å²) in [4.78, 5) is 2.32. The fourth-order valence-electron chi connectivity index (χ4n) is 2.12. The van der Waals surface area contributed by atoms with E-state index in [1.807, 2.05) is 55.4 Å². The van der Waals surface area contributed by atoms with Gasteiger partial charge in [-0.25, -0.2) is 8.42 Å². The minimum atomic E-state index is -3.49. The summed E-state index contributed by atoms with van der Waals surface area (Å²) >= 11 is 0. The summed E-state index contributed by atoms with van der Waals surface area (Å²) in [6.07, 6.45) is 0. The molecule has 5 heteroatoms. The van der Waals surface area contributed by atoms with Crippen molar-refractivity contribution in [3.63, 3.8) is 0 Å². The highest BCUT2D eigenvalue weighted by Crippen LogP contribution is 2.18. The van der Waals surface area contributed by atoms with E-state index in [0.29, 0.717) is 24.5 Å². The zero-order valence-electron chi connectivity index (χ0n) is 13.0. The van der Waals surface area contributed by atoms with E-state index < -0.39 is 10.0 Å². The van der Waals surface area contributed by atoms with Gasteiger partial charge < -0.3 is 4.90 Å². The molecule has 0 unspecified atom stereocenters. The third-order valence-corrected chi connectivity index (χ3v) is 5.24. The summed E-state index contributed by atoms with van der Waals surface area (Å²) in [6.45, 7) is 1.52. The van der Waals surface area contributed by atoms with Crippen LogP contribution in [0.5, 0.6) is 0 Å². The number of sulfonamides is 1. The Bertz CT molecular complexity index is 670. The van der Waals surface area contributed by atoms with E-state index in [2.05, 4.69) is 0 Å². The molecule has 2 rings (SSSR count). The van der Waals surface area contributed by atoms with E-state index in [-0.39, 0.29) is 0 Å².